The van der Waals surface area contributed by atoms with Crippen LogP contribution in [-0.2, 0) is 0 Å². The Morgan fingerprint density at radius 1 is 1.38 bits per heavy atom. The molecule has 0 amide bonds. The molecule has 1 fully saturated rings. The van der Waals surface area contributed by atoms with Crippen LogP contribution in [0.15, 0.2) is 29.2 Å². The molecule has 1 saturated carbocycles. The van der Waals surface area contributed by atoms with Crippen molar-refractivity contribution in [3.63, 3.8) is 0 Å². The fourth-order valence-electron chi connectivity index (χ4n) is 2.05. The maximum atomic E-state index is 3.65. The van der Waals surface area contributed by atoms with Crippen LogP contribution in [0, 0.1) is 5.92 Å². The summed E-state index contributed by atoms with van der Waals surface area (Å²) >= 11 is 1.92. The van der Waals surface area contributed by atoms with Crippen LogP contribution in [0.1, 0.15) is 33.1 Å². The van der Waals surface area contributed by atoms with Crippen molar-refractivity contribution >= 4 is 17.4 Å². The molecule has 1 atom stereocenters. The predicted molar refractivity (Wildman–Crippen MR) is 73.3 cm³/mol. The molecular weight excluding hydrogens is 214 g/mol. The van der Waals surface area contributed by atoms with Crippen LogP contribution in [0.4, 0.5) is 5.69 Å². The maximum Gasteiger partial charge on any atom is 0.0480 e. The monoisotopic (exact) mass is 235 g/mol. The van der Waals surface area contributed by atoms with Gasteiger partial charge in [-0.3, -0.25) is 0 Å². The van der Waals surface area contributed by atoms with Crippen LogP contribution in [-0.4, -0.2) is 11.8 Å². The lowest BCUT2D eigenvalue weighted by Crippen LogP contribution is -2.16. The molecule has 1 unspecified atom stereocenters. The summed E-state index contributed by atoms with van der Waals surface area (Å²) in [5.74, 6) is 2.13. The van der Waals surface area contributed by atoms with Crippen molar-refractivity contribution in [2.75, 3.05) is 11.1 Å². The zero-order valence-corrected chi connectivity index (χ0v) is 11.0. The second-order valence-electron chi connectivity index (χ2n) is 4.65. The third-order valence-electron chi connectivity index (χ3n) is 2.97. The lowest BCUT2D eigenvalue weighted by molar-refractivity contribution is 0.641. The predicted octanol–water partition coefficient (Wildman–Crippen LogP) is 4.40. The second-order valence-corrected chi connectivity index (χ2v) is 5.96. The molecule has 2 rings (SSSR count). The number of hydrogen-bond acceptors (Lipinski definition) is 2. The number of hydrogen-bond donors (Lipinski definition) is 1. The highest BCUT2D eigenvalue weighted by Crippen LogP contribution is 2.35. The molecule has 1 nitrogen and oxygen atoms in total. The van der Waals surface area contributed by atoms with Gasteiger partial charge < -0.3 is 5.32 Å². The van der Waals surface area contributed by atoms with E-state index < -0.39 is 0 Å². The molecule has 0 aliphatic heterocycles. The minimum Gasteiger partial charge on any atom is -0.382 e. The van der Waals surface area contributed by atoms with Gasteiger partial charge in [-0.05, 0) is 37.1 Å². The van der Waals surface area contributed by atoms with Gasteiger partial charge in [0.25, 0.3) is 0 Å². The fourth-order valence-corrected chi connectivity index (χ4v) is 2.81. The molecule has 0 heterocycles. The van der Waals surface area contributed by atoms with Gasteiger partial charge in [0.1, 0.15) is 0 Å². The van der Waals surface area contributed by atoms with Crippen LogP contribution in [0.2, 0.25) is 0 Å². The van der Waals surface area contributed by atoms with Crippen LogP contribution in [0.5, 0.6) is 0 Å². The van der Waals surface area contributed by atoms with Crippen molar-refractivity contribution in [2.24, 2.45) is 5.92 Å². The van der Waals surface area contributed by atoms with E-state index >= 15 is 0 Å². The third kappa shape index (κ3) is 3.44. The molecule has 88 valence electrons. The summed E-state index contributed by atoms with van der Waals surface area (Å²) in [4.78, 5) is 1.38. The van der Waals surface area contributed by atoms with Gasteiger partial charge in [0, 0.05) is 16.6 Å². The molecule has 0 spiro atoms. The summed E-state index contributed by atoms with van der Waals surface area (Å²) in [6, 6.07) is 9.24. The maximum absolute atomic E-state index is 3.65. The Morgan fingerprint density at radius 2 is 2.12 bits per heavy atom. The van der Waals surface area contributed by atoms with Crippen molar-refractivity contribution in [2.45, 2.75) is 44.0 Å². The molecule has 1 aromatic rings. The number of para-hydroxylation sites is 1. The number of anilines is 1. The van der Waals surface area contributed by atoms with Gasteiger partial charge in [0.2, 0.25) is 0 Å². The first kappa shape index (κ1) is 11.8. The van der Waals surface area contributed by atoms with Crippen molar-refractivity contribution in [3.8, 4) is 0 Å². The van der Waals surface area contributed by atoms with E-state index in [1.54, 1.807) is 0 Å². The molecule has 1 aliphatic rings. The molecule has 0 saturated heterocycles. The fraction of sp³-hybridized carbons (Fsp3) is 0.571. The highest BCUT2D eigenvalue weighted by molar-refractivity contribution is 7.99. The standard InChI is InChI=1S/C14H21NS/c1-3-16-14-7-5-4-6-13(14)15-11(2)10-12-8-9-12/h4-7,11-12,15H,3,8-10H2,1-2H3. The Hall–Kier alpha value is -0.630. The first-order chi connectivity index (χ1) is 7.79. The molecule has 1 aromatic carbocycles. The zero-order valence-electron chi connectivity index (χ0n) is 10.2. The zero-order chi connectivity index (χ0) is 11.4. The SMILES string of the molecule is CCSc1ccccc1NC(C)CC1CC1. The Labute approximate surface area is 103 Å². The van der Waals surface area contributed by atoms with E-state index in [0.29, 0.717) is 6.04 Å². The Bertz CT molecular complexity index is 333. The molecule has 0 aromatic heterocycles. The minimum absolute atomic E-state index is 0.603. The average molecular weight is 235 g/mol. The lowest BCUT2D eigenvalue weighted by atomic mass is 10.1. The van der Waals surface area contributed by atoms with E-state index in [1.165, 1.54) is 29.8 Å². The summed E-state index contributed by atoms with van der Waals surface area (Å²) in [6.45, 7) is 4.50. The van der Waals surface area contributed by atoms with Crippen molar-refractivity contribution in [1.29, 1.82) is 0 Å². The largest absolute Gasteiger partial charge is 0.382 e. The Kier molecular flexibility index (Phi) is 4.16. The first-order valence-electron chi connectivity index (χ1n) is 6.28. The van der Waals surface area contributed by atoms with E-state index in [0.717, 1.165) is 11.7 Å². The summed E-state index contributed by atoms with van der Waals surface area (Å²) in [6.07, 6.45) is 4.21. The van der Waals surface area contributed by atoms with Crippen LogP contribution in [0.25, 0.3) is 0 Å². The quantitative estimate of drug-likeness (QED) is 0.733. The second kappa shape index (κ2) is 5.62. The molecule has 2 heteroatoms. The van der Waals surface area contributed by atoms with Gasteiger partial charge in [-0.25, -0.2) is 0 Å². The van der Waals surface area contributed by atoms with E-state index in [-0.39, 0.29) is 0 Å². The molecule has 1 aliphatic carbocycles. The van der Waals surface area contributed by atoms with Gasteiger partial charge in [-0.2, -0.15) is 0 Å². The van der Waals surface area contributed by atoms with Crippen molar-refractivity contribution in [3.05, 3.63) is 24.3 Å². The van der Waals surface area contributed by atoms with Crippen LogP contribution >= 0.6 is 11.8 Å². The summed E-state index contributed by atoms with van der Waals surface area (Å²) in [5, 5.41) is 3.65. The van der Waals surface area contributed by atoms with E-state index in [2.05, 4.69) is 43.4 Å². The van der Waals surface area contributed by atoms with Gasteiger partial charge >= 0.3 is 0 Å². The lowest BCUT2D eigenvalue weighted by Gasteiger charge is -2.17. The van der Waals surface area contributed by atoms with Crippen molar-refractivity contribution in [1.82, 2.24) is 0 Å². The molecule has 1 N–H and O–H groups in total. The average Bonchev–Trinajstić information content (AvgIpc) is 3.05. The number of rotatable bonds is 6. The summed E-state index contributed by atoms with van der Waals surface area (Å²) in [7, 11) is 0. The Balaban J connectivity index is 1.95. The van der Waals surface area contributed by atoms with Gasteiger partial charge in [-0.15, -0.1) is 11.8 Å². The Morgan fingerprint density at radius 3 is 2.81 bits per heavy atom. The van der Waals surface area contributed by atoms with Crippen LogP contribution in [0.3, 0.4) is 0 Å². The molecule has 0 radical (unpaired) electrons. The number of thioether (sulfide) groups is 1. The highest BCUT2D eigenvalue weighted by atomic mass is 32.2. The highest BCUT2D eigenvalue weighted by Gasteiger charge is 2.23. The first-order valence-corrected chi connectivity index (χ1v) is 7.26. The summed E-state index contributed by atoms with van der Waals surface area (Å²) in [5.41, 5.74) is 1.31. The van der Waals surface area contributed by atoms with Gasteiger partial charge in [0.15, 0.2) is 0 Å². The minimum atomic E-state index is 0.603. The van der Waals surface area contributed by atoms with Crippen LogP contribution < -0.4 is 5.32 Å². The number of nitrogens with one attached hydrogen (secondary N) is 1. The van der Waals surface area contributed by atoms with Gasteiger partial charge in [0.05, 0.1) is 0 Å². The van der Waals surface area contributed by atoms with E-state index in [9.17, 15) is 0 Å². The van der Waals surface area contributed by atoms with E-state index in [1.807, 2.05) is 11.8 Å². The molecule has 16 heavy (non-hydrogen) atoms. The molecule has 0 bridgehead atoms. The summed E-state index contributed by atoms with van der Waals surface area (Å²) < 4.78 is 0. The van der Waals surface area contributed by atoms with Crippen molar-refractivity contribution < 1.29 is 0 Å². The smallest absolute Gasteiger partial charge is 0.0480 e. The molecular formula is C14H21NS. The normalized spacial score (nSPS) is 17.1. The van der Waals surface area contributed by atoms with E-state index in [4.69, 9.17) is 0 Å². The van der Waals surface area contributed by atoms with Gasteiger partial charge in [-0.1, -0.05) is 31.9 Å². The third-order valence-corrected chi connectivity index (χ3v) is 3.93. The topological polar surface area (TPSA) is 12.0 Å². The number of benzene rings is 1.